The first-order valence-electron chi connectivity index (χ1n) is 8.90. The molecule has 1 saturated heterocycles. The molecule has 0 saturated carbocycles. The zero-order valence-electron chi connectivity index (χ0n) is 15.6. The van der Waals surface area contributed by atoms with Crippen molar-refractivity contribution in [2.45, 2.75) is 39.2 Å². The smallest absolute Gasteiger partial charge is 0.251 e. The van der Waals surface area contributed by atoms with Crippen molar-refractivity contribution < 1.29 is 14.0 Å². The molecule has 1 aromatic carbocycles. The Labute approximate surface area is 168 Å². The number of carbonyl (C=O) groups excluding carboxylic acids is 2. The van der Waals surface area contributed by atoms with Crippen molar-refractivity contribution in [3.63, 3.8) is 0 Å². The van der Waals surface area contributed by atoms with Crippen LogP contribution in [0.1, 0.15) is 44.0 Å². The predicted octanol–water partition coefficient (Wildman–Crippen LogP) is 2.79. The molecule has 144 valence electrons. The van der Waals surface area contributed by atoms with Gasteiger partial charge in [-0.1, -0.05) is 0 Å². The van der Waals surface area contributed by atoms with Crippen LogP contribution in [0.15, 0.2) is 18.2 Å². The number of nitrogens with zero attached hydrogens (tertiary/aromatic N) is 1. The quantitative estimate of drug-likeness (QED) is 0.645. The highest BCUT2D eigenvalue weighted by atomic mass is 127. The molecule has 1 aromatic rings. The lowest BCUT2D eigenvalue weighted by Crippen LogP contribution is -2.48. The van der Waals surface area contributed by atoms with E-state index < -0.39 is 5.82 Å². The summed E-state index contributed by atoms with van der Waals surface area (Å²) in [5.74, 6) is -0.211. The van der Waals surface area contributed by atoms with E-state index in [9.17, 15) is 14.0 Å². The number of piperidine rings is 1. The first kappa shape index (κ1) is 21.1. The number of benzene rings is 1. The zero-order chi connectivity index (χ0) is 19.3. The van der Waals surface area contributed by atoms with E-state index in [2.05, 4.69) is 15.5 Å². The van der Waals surface area contributed by atoms with Gasteiger partial charge in [-0.15, -0.1) is 0 Å². The summed E-state index contributed by atoms with van der Waals surface area (Å²) in [6.45, 7) is 8.59. The van der Waals surface area contributed by atoms with Crippen LogP contribution in [0.4, 0.5) is 4.39 Å². The van der Waals surface area contributed by atoms with Crippen LogP contribution in [0.25, 0.3) is 0 Å². The van der Waals surface area contributed by atoms with Crippen molar-refractivity contribution in [3.8, 4) is 0 Å². The number of rotatable bonds is 5. The molecule has 2 N–H and O–H groups in total. The third-order valence-corrected chi connectivity index (χ3v) is 4.89. The summed E-state index contributed by atoms with van der Waals surface area (Å²) < 4.78 is 14.1. The monoisotopic (exact) mass is 475 g/mol. The molecule has 0 radical (unpaired) electrons. The van der Waals surface area contributed by atoms with Crippen LogP contribution in [-0.2, 0) is 4.79 Å². The van der Waals surface area contributed by atoms with Crippen LogP contribution in [0.5, 0.6) is 0 Å². The van der Waals surface area contributed by atoms with Gasteiger partial charge in [0.25, 0.3) is 5.91 Å². The van der Waals surface area contributed by atoms with E-state index in [1.54, 1.807) is 6.07 Å². The molecule has 0 aromatic heterocycles. The number of nitrogens with one attached hydrogen (secondary N) is 2. The fourth-order valence-corrected chi connectivity index (χ4v) is 3.67. The summed E-state index contributed by atoms with van der Waals surface area (Å²) in [6, 6.07) is 4.33. The molecule has 0 unspecified atom stereocenters. The van der Waals surface area contributed by atoms with Crippen LogP contribution in [0, 0.1) is 15.3 Å². The van der Waals surface area contributed by atoms with Gasteiger partial charge in [0.2, 0.25) is 5.91 Å². The molecule has 2 amide bonds. The number of amides is 2. The molecular weight excluding hydrogens is 448 g/mol. The van der Waals surface area contributed by atoms with E-state index in [0.717, 1.165) is 25.9 Å². The van der Waals surface area contributed by atoms with Crippen LogP contribution < -0.4 is 10.6 Å². The number of likely N-dealkylation sites (tertiary alicyclic amines) is 1. The lowest BCUT2D eigenvalue weighted by atomic mass is 9.96. The Morgan fingerprint density at radius 1 is 1.23 bits per heavy atom. The average Bonchev–Trinajstić information content (AvgIpc) is 2.51. The van der Waals surface area contributed by atoms with E-state index >= 15 is 0 Å². The topological polar surface area (TPSA) is 61.4 Å². The minimum Gasteiger partial charge on any atom is -0.352 e. The number of hydrogen-bond donors (Lipinski definition) is 2. The summed E-state index contributed by atoms with van der Waals surface area (Å²) >= 11 is 2.00. The van der Waals surface area contributed by atoms with E-state index in [-0.39, 0.29) is 17.4 Å². The molecule has 0 spiro atoms. The Bertz CT molecular complexity index is 632. The highest BCUT2D eigenvalue weighted by Gasteiger charge is 2.23. The van der Waals surface area contributed by atoms with Crippen molar-refractivity contribution in [3.05, 3.63) is 33.1 Å². The molecule has 26 heavy (non-hydrogen) atoms. The van der Waals surface area contributed by atoms with Crippen molar-refractivity contribution in [2.75, 3.05) is 26.2 Å². The first-order chi connectivity index (χ1) is 12.1. The average molecular weight is 475 g/mol. The molecule has 2 rings (SSSR count). The number of halogens is 2. The van der Waals surface area contributed by atoms with Gasteiger partial charge in [-0.25, -0.2) is 4.39 Å². The van der Waals surface area contributed by atoms with Crippen molar-refractivity contribution in [1.29, 1.82) is 0 Å². The fourth-order valence-electron chi connectivity index (χ4n) is 3.03. The zero-order valence-corrected chi connectivity index (χ0v) is 17.7. The van der Waals surface area contributed by atoms with Gasteiger partial charge in [0.1, 0.15) is 5.82 Å². The summed E-state index contributed by atoms with van der Waals surface area (Å²) in [6.07, 6.45) is 1.87. The predicted molar refractivity (Wildman–Crippen MR) is 109 cm³/mol. The normalized spacial score (nSPS) is 16.3. The lowest BCUT2D eigenvalue weighted by molar-refractivity contribution is -0.124. The summed E-state index contributed by atoms with van der Waals surface area (Å²) in [4.78, 5) is 26.3. The first-order valence-corrected chi connectivity index (χ1v) is 9.98. The van der Waals surface area contributed by atoms with Crippen LogP contribution in [0.2, 0.25) is 0 Å². The second kappa shape index (κ2) is 9.12. The second-order valence-corrected chi connectivity index (χ2v) is 9.13. The Hall–Kier alpha value is -1.22. The standard InChI is InChI=1S/C19H27FIN3O2/c1-19(2,3)23-17(25)12-24-6-4-13(5-7-24)11-22-18(26)14-8-15(20)10-16(21)9-14/h8-10,13H,4-7,11-12H2,1-3H3,(H,22,26)(H,23,25). The highest BCUT2D eigenvalue weighted by molar-refractivity contribution is 14.1. The second-order valence-electron chi connectivity index (χ2n) is 7.89. The fraction of sp³-hybridized carbons (Fsp3) is 0.579. The van der Waals surface area contributed by atoms with Gasteiger partial charge in [-0.3, -0.25) is 14.5 Å². The molecule has 0 aliphatic carbocycles. The Balaban J connectivity index is 1.73. The van der Waals surface area contributed by atoms with Gasteiger partial charge in [-0.05, 0) is 93.4 Å². The van der Waals surface area contributed by atoms with Crippen LogP contribution in [-0.4, -0.2) is 48.4 Å². The van der Waals surface area contributed by atoms with E-state index in [1.807, 2.05) is 43.4 Å². The van der Waals surface area contributed by atoms with Gasteiger partial charge in [0, 0.05) is 21.2 Å². The van der Waals surface area contributed by atoms with Gasteiger partial charge in [0.15, 0.2) is 0 Å². The third kappa shape index (κ3) is 7.19. The summed E-state index contributed by atoms with van der Waals surface area (Å²) in [5, 5.41) is 5.88. The molecule has 7 heteroatoms. The maximum absolute atomic E-state index is 13.4. The molecule has 0 atom stereocenters. The van der Waals surface area contributed by atoms with Gasteiger partial charge in [0.05, 0.1) is 6.54 Å². The van der Waals surface area contributed by atoms with Gasteiger partial charge in [-0.2, -0.15) is 0 Å². The molecule has 1 aliphatic rings. The van der Waals surface area contributed by atoms with Crippen LogP contribution >= 0.6 is 22.6 Å². The molecule has 1 heterocycles. The lowest BCUT2D eigenvalue weighted by Gasteiger charge is -2.32. The highest BCUT2D eigenvalue weighted by Crippen LogP contribution is 2.17. The number of hydrogen-bond acceptors (Lipinski definition) is 3. The van der Waals surface area contributed by atoms with Crippen molar-refractivity contribution in [1.82, 2.24) is 15.5 Å². The third-order valence-electron chi connectivity index (χ3n) is 4.26. The van der Waals surface area contributed by atoms with Gasteiger partial charge >= 0.3 is 0 Å². The molecule has 5 nitrogen and oxygen atoms in total. The number of carbonyl (C=O) groups is 2. The maximum atomic E-state index is 13.4. The Morgan fingerprint density at radius 3 is 2.46 bits per heavy atom. The summed E-state index contributed by atoms with van der Waals surface area (Å²) in [7, 11) is 0. The van der Waals surface area contributed by atoms with E-state index in [1.165, 1.54) is 12.1 Å². The Morgan fingerprint density at radius 2 is 1.88 bits per heavy atom. The minimum absolute atomic E-state index is 0.0463. The maximum Gasteiger partial charge on any atom is 0.251 e. The summed E-state index contributed by atoms with van der Waals surface area (Å²) in [5.41, 5.74) is 0.139. The Kier molecular flexibility index (Phi) is 7.40. The molecular formula is C19H27FIN3O2. The van der Waals surface area contributed by atoms with E-state index in [0.29, 0.717) is 28.1 Å². The largest absolute Gasteiger partial charge is 0.352 e. The van der Waals surface area contributed by atoms with Crippen LogP contribution in [0.3, 0.4) is 0 Å². The molecule has 1 aliphatic heterocycles. The van der Waals surface area contributed by atoms with Crippen molar-refractivity contribution in [2.24, 2.45) is 5.92 Å². The molecule has 1 fully saturated rings. The SMILES string of the molecule is CC(C)(C)NC(=O)CN1CCC(CNC(=O)c2cc(F)cc(I)c2)CC1. The van der Waals surface area contributed by atoms with Crippen molar-refractivity contribution >= 4 is 34.4 Å². The molecule has 0 bridgehead atoms. The van der Waals surface area contributed by atoms with Gasteiger partial charge < -0.3 is 10.6 Å². The minimum atomic E-state index is -0.399. The van der Waals surface area contributed by atoms with E-state index in [4.69, 9.17) is 0 Å².